The van der Waals surface area contributed by atoms with Crippen LogP contribution in [0.5, 0.6) is 0 Å². The average Bonchev–Trinajstić information content (AvgIpc) is 2.82. The first kappa shape index (κ1) is 22.5. The van der Waals surface area contributed by atoms with Crippen LogP contribution in [0.25, 0.3) is 0 Å². The third-order valence-corrected chi connectivity index (χ3v) is 5.26. The molecule has 31 heavy (non-hydrogen) atoms. The molecule has 0 saturated carbocycles. The van der Waals surface area contributed by atoms with Gasteiger partial charge >= 0.3 is 5.97 Å². The van der Waals surface area contributed by atoms with Crippen molar-refractivity contribution in [3.63, 3.8) is 0 Å². The first-order valence-corrected chi connectivity index (χ1v) is 10.7. The highest BCUT2D eigenvalue weighted by Crippen LogP contribution is 2.40. The highest BCUT2D eigenvalue weighted by atomic mass is 16.5. The van der Waals surface area contributed by atoms with Crippen LogP contribution in [0.3, 0.4) is 0 Å². The Morgan fingerprint density at radius 3 is 1.61 bits per heavy atom. The van der Waals surface area contributed by atoms with Gasteiger partial charge in [-0.15, -0.1) is 0 Å². The molecule has 0 spiro atoms. The van der Waals surface area contributed by atoms with Gasteiger partial charge in [0.25, 0.3) is 0 Å². The Hall–Kier alpha value is -3.17. The Morgan fingerprint density at radius 1 is 0.839 bits per heavy atom. The van der Waals surface area contributed by atoms with E-state index in [9.17, 15) is 4.79 Å². The Morgan fingerprint density at radius 2 is 1.26 bits per heavy atom. The van der Waals surface area contributed by atoms with Crippen molar-refractivity contribution >= 4 is 5.97 Å². The van der Waals surface area contributed by atoms with Gasteiger partial charge in [-0.05, 0) is 16.7 Å². The lowest BCUT2D eigenvalue weighted by Crippen LogP contribution is -2.34. The second-order valence-corrected chi connectivity index (χ2v) is 7.78. The zero-order valence-electron chi connectivity index (χ0n) is 18.2. The van der Waals surface area contributed by atoms with E-state index in [0.29, 0.717) is 13.0 Å². The molecule has 0 unspecified atom stereocenters. The maximum absolute atomic E-state index is 12.0. The van der Waals surface area contributed by atoms with E-state index in [1.807, 2.05) is 68.4 Å². The minimum absolute atomic E-state index is 0.180. The Balaban J connectivity index is 1.96. The second-order valence-electron chi connectivity index (χ2n) is 7.78. The summed E-state index contributed by atoms with van der Waals surface area (Å²) in [6, 6.07) is 30.7. The topological polar surface area (TPSA) is 35.5 Å². The minimum atomic E-state index is -0.780. The van der Waals surface area contributed by atoms with Gasteiger partial charge in [0.05, 0.1) is 12.5 Å². The fraction of sp³-hybridized carbons (Fsp3) is 0.250. The number of ether oxygens (including phenoxy) is 2. The summed E-state index contributed by atoms with van der Waals surface area (Å²) in [4.78, 5) is 12.0. The van der Waals surface area contributed by atoms with Gasteiger partial charge in [0.15, 0.2) is 0 Å². The maximum Gasteiger partial charge on any atom is 0.308 e. The molecule has 3 aromatic carbocycles. The number of carbonyl (C=O) groups is 1. The Bertz CT molecular complexity index is 853. The Labute approximate surface area is 185 Å². The van der Waals surface area contributed by atoms with Crippen molar-refractivity contribution in [1.29, 1.82) is 0 Å². The van der Waals surface area contributed by atoms with Crippen LogP contribution in [0.2, 0.25) is 0 Å². The summed E-state index contributed by atoms with van der Waals surface area (Å²) in [6.45, 7) is 7.87. The van der Waals surface area contributed by atoms with Crippen molar-refractivity contribution in [2.75, 3.05) is 6.61 Å². The standard InChI is InChI=1S/C28H30O3/c1-4-26(31-27(29)22(2)3)20-21-30-28(23-14-8-5-9-15-23,24-16-10-6-11-17-24)25-18-12-7-13-19-25/h4-19,22,26H,1,20-21H2,2-3H3/t26-/m0/s1. The lowest BCUT2D eigenvalue weighted by molar-refractivity contribution is -0.151. The molecule has 1 atom stereocenters. The van der Waals surface area contributed by atoms with Crippen LogP contribution >= 0.6 is 0 Å². The van der Waals surface area contributed by atoms with Crippen LogP contribution in [0.1, 0.15) is 37.0 Å². The molecule has 0 N–H and O–H groups in total. The van der Waals surface area contributed by atoms with Gasteiger partial charge in [-0.25, -0.2) is 0 Å². The van der Waals surface area contributed by atoms with Gasteiger partial charge in [0.2, 0.25) is 0 Å². The van der Waals surface area contributed by atoms with E-state index in [4.69, 9.17) is 9.47 Å². The van der Waals surface area contributed by atoms with Gasteiger partial charge in [-0.1, -0.05) is 117 Å². The van der Waals surface area contributed by atoms with Crippen LogP contribution in [0.4, 0.5) is 0 Å². The molecule has 0 aliphatic heterocycles. The molecule has 0 saturated heterocycles. The summed E-state index contributed by atoms with van der Waals surface area (Å²) in [6.07, 6.45) is 1.80. The van der Waals surface area contributed by atoms with Gasteiger partial charge in [-0.2, -0.15) is 0 Å². The molecular formula is C28H30O3. The molecule has 3 heteroatoms. The van der Waals surface area contributed by atoms with Crippen LogP contribution in [0, 0.1) is 5.92 Å². The van der Waals surface area contributed by atoms with Crippen molar-refractivity contribution in [2.24, 2.45) is 5.92 Å². The summed E-state index contributed by atoms with van der Waals surface area (Å²) in [5.74, 6) is -0.411. The molecule has 0 heterocycles. The number of carbonyl (C=O) groups excluding carboxylic acids is 1. The molecule has 0 aliphatic carbocycles. The fourth-order valence-electron chi connectivity index (χ4n) is 3.61. The summed E-state index contributed by atoms with van der Waals surface area (Å²) in [5.41, 5.74) is 2.35. The monoisotopic (exact) mass is 414 g/mol. The van der Waals surface area contributed by atoms with Gasteiger partial charge in [0.1, 0.15) is 11.7 Å². The fourth-order valence-corrected chi connectivity index (χ4v) is 3.61. The summed E-state index contributed by atoms with van der Waals surface area (Å²) < 4.78 is 12.3. The van der Waals surface area contributed by atoms with Gasteiger partial charge < -0.3 is 9.47 Å². The SMILES string of the molecule is C=C[C@@H](CCOC(c1ccccc1)(c1ccccc1)c1ccccc1)OC(=O)C(C)C. The molecule has 0 radical (unpaired) electrons. The summed E-state index contributed by atoms with van der Waals surface area (Å²) in [7, 11) is 0. The van der Waals surface area contributed by atoms with Crippen LogP contribution < -0.4 is 0 Å². The zero-order valence-corrected chi connectivity index (χ0v) is 18.2. The van der Waals surface area contributed by atoms with Crippen LogP contribution in [-0.4, -0.2) is 18.7 Å². The lowest BCUT2D eigenvalue weighted by Gasteiger charge is -2.36. The molecule has 3 aromatic rings. The van der Waals surface area contributed by atoms with Crippen molar-refractivity contribution in [2.45, 2.75) is 32.0 Å². The third kappa shape index (κ3) is 5.31. The second kappa shape index (κ2) is 10.7. The number of esters is 1. The van der Waals surface area contributed by atoms with E-state index in [2.05, 4.69) is 43.0 Å². The molecule has 0 amide bonds. The average molecular weight is 415 g/mol. The van der Waals surface area contributed by atoms with E-state index in [1.54, 1.807) is 6.08 Å². The minimum Gasteiger partial charge on any atom is -0.458 e. The van der Waals surface area contributed by atoms with Gasteiger partial charge in [0, 0.05) is 6.42 Å². The molecule has 3 nitrogen and oxygen atoms in total. The van der Waals surface area contributed by atoms with Crippen LogP contribution in [0.15, 0.2) is 104 Å². The number of hydrogen-bond acceptors (Lipinski definition) is 3. The summed E-state index contributed by atoms with van der Waals surface area (Å²) >= 11 is 0. The van der Waals surface area contributed by atoms with E-state index in [0.717, 1.165) is 16.7 Å². The predicted octanol–water partition coefficient (Wildman–Crippen LogP) is 6.14. The molecule has 0 bridgehead atoms. The first-order chi connectivity index (χ1) is 15.1. The summed E-state index contributed by atoms with van der Waals surface area (Å²) in [5, 5.41) is 0. The van der Waals surface area contributed by atoms with E-state index >= 15 is 0 Å². The molecule has 0 aromatic heterocycles. The molecule has 0 fully saturated rings. The van der Waals surface area contributed by atoms with Crippen molar-refractivity contribution < 1.29 is 14.3 Å². The predicted molar refractivity (Wildman–Crippen MR) is 125 cm³/mol. The van der Waals surface area contributed by atoms with Gasteiger partial charge in [-0.3, -0.25) is 4.79 Å². The van der Waals surface area contributed by atoms with Crippen molar-refractivity contribution in [3.8, 4) is 0 Å². The molecular weight excluding hydrogens is 384 g/mol. The lowest BCUT2D eigenvalue weighted by atomic mass is 9.80. The molecule has 160 valence electrons. The highest BCUT2D eigenvalue weighted by molar-refractivity contribution is 5.71. The highest BCUT2D eigenvalue weighted by Gasteiger charge is 2.37. The van der Waals surface area contributed by atoms with E-state index in [1.165, 1.54) is 0 Å². The molecule has 3 rings (SSSR count). The number of hydrogen-bond donors (Lipinski definition) is 0. The normalized spacial score (nSPS) is 12.4. The quantitative estimate of drug-likeness (QED) is 0.227. The van der Waals surface area contributed by atoms with E-state index < -0.39 is 11.7 Å². The third-order valence-electron chi connectivity index (χ3n) is 5.26. The smallest absolute Gasteiger partial charge is 0.308 e. The zero-order chi connectivity index (χ0) is 22.1. The van der Waals surface area contributed by atoms with Crippen molar-refractivity contribution in [3.05, 3.63) is 120 Å². The Kier molecular flexibility index (Phi) is 7.80. The number of benzene rings is 3. The largest absolute Gasteiger partial charge is 0.458 e. The van der Waals surface area contributed by atoms with Crippen molar-refractivity contribution in [1.82, 2.24) is 0 Å². The van der Waals surface area contributed by atoms with E-state index in [-0.39, 0.29) is 11.9 Å². The number of rotatable bonds is 10. The maximum atomic E-state index is 12.0. The first-order valence-electron chi connectivity index (χ1n) is 10.7. The van der Waals surface area contributed by atoms with Crippen LogP contribution in [-0.2, 0) is 19.9 Å². The molecule has 0 aliphatic rings.